The van der Waals surface area contributed by atoms with Crippen LogP contribution in [0.1, 0.15) is 0 Å². The fraction of sp³-hybridized carbons (Fsp3) is 0.400. The van der Waals surface area contributed by atoms with Crippen molar-refractivity contribution in [2.24, 2.45) is 0 Å². The molecule has 0 saturated heterocycles. The summed E-state index contributed by atoms with van der Waals surface area (Å²) < 4.78 is 60.0. The van der Waals surface area contributed by atoms with Gasteiger partial charge in [-0.1, -0.05) is 0 Å². The number of nitrogens with one attached hydrogen (secondary N) is 1. The maximum Gasteiger partial charge on any atom is 0.422 e. The predicted octanol–water partition coefficient (Wildman–Crippen LogP) is 3.16. The van der Waals surface area contributed by atoms with Gasteiger partial charge in [-0.2, -0.15) is 13.2 Å². The van der Waals surface area contributed by atoms with E-state index in [1.165, 1.54) is 18.2 Å². The molecule has 3 nitrogen and oxygen atoms in total. The Bertz CT molecular complexity index is 387. The van der Waals surface area contributed by atoms with Crippen LogP contribution >= 0.6 is 11.9 Å². The monoisotopic (exact) mass is 285 g/mol. The zero-order valence-electron chi connectivity index (χ0n) is 9.38. The average Bonchev–Trinajstić information content (AvgIpc) is 2.29. The highest BCUT2D eigenvalue weighted by Gasteiger charge is 2.28. The Morgan fingerprint density at radius 3 is 2.56 bits per heavy atom. The molecule has 0 unspecified atom stereocenters. The van der Waals surface area contributed by atoms with Gasteiger partial charge in [0, 0.05) is 0 Å². The van der Waals surface area contributed by atoms with Crippen LogP contribution in [0.2, 0.25) is 0 Å². The van der Waals surface area contributed by atoms with E-state index in [1.54, 1.807) is 7.05 Å². The lowest BCUT2D eigenvalue weighted by molar-refractivity contribution is -0.153. The van der Waals surface area contributed by atoms with Gasteiger partial charge in [-0.15, -0.1) is 0 Å². The first-order valence-corrected chi connectivity index (χ1v) is 5.64. The molecule has 18 heavy (non-hydrogen) atoms. The van der Waals surface area contributed by atoms with E-state index in [0.717, 1.165) is 11.9 Å². The zero-order chi connectivity index (χ0) is 13.6. The highest BCUT2D eigenvalue weighted by atomic mass is 32.2. The Hall–Kier alpha value is -1.15. The van der Waals surface area contributed by atoms with E-state index in [2.05, 4.69) is 14.2 Å². The Labute approximate surface area is 106 Å². The van der Waals surface area contributed by atoms with Crippen molar-refractivity contribution in [1.82, 2.24) is 4.72 Å². The lowest BCUT2D eigenvalue weighted by Gasteiger charge is -2.12. The largest absolute Gasteiger partial charge is 0.484 e. The third-order valence-electron chi connectivity index (χ3n) is 1.74. The lowest BCUT2D eigenvalue weighted by Crippen LogP contribution is -2.19. The van der Waals surface area contributed by atoms with Gasteiger partial charge in [-0.25, -0.2) is 4.39 Å². The first kappa shape index (κ1) is 14.9. The minimum absolute atomic E-state index is 0.0382. The predicted molar refractivity (Wildman–Crippen MR) is 59.5 cm³/mol. The van der Waals surface area contributed by atoms with E-state index < -0.39 is 19.6 Å². The Kier molecular flexibility index (Phi) is 5.54. The second kappa shape index (κ2) is 6.69. The van der Waals surface area contributed by atoms with Crippen LogP contribution in [-0.4, -0.2) is 26.7 Å². The third-order valence-corrected chi connectivity index (χ3v) is 2.48. The van der Waals surface area contributed by atoms with Gasteiger partial charge in [0.1, 0.15) is 11.5 Å². The summed E-state index contributed by atoms with van der Waals surface area (Å²) in [5.74, 6) is 0.271. The topological polar surface area (TPSA) is 30.5 Å². The van der Waals surface area contributed by atoms with Crippen molar-refractivity contribution in [3.63, 3.8) is 0 Å². The molecule has 8 heteroatoms. The SMILES string of the molecule is CNSc1cc(OCC(F)(F)F)ccc1OCF. The number of alkyl halides is 4. The van der Waals surface area contributed by atoms with Crippen molar-refractivity contribution in [3.8, 4) is 11.5 Å². The van der Waals surface area contributed by atoms with Crippen LogP contribution in [0.4, 0.5) is 17.6 Å². The van der Waals surface area contributed by atoms with E-state index in [-0.39, 0.29) is 11.5 Å². The molecule has 1 aromatic carbocycles. The molecular formula is C10H11F4NO2S. The van der Waals surface area contributed by atoms with Crippen molar-refractivity contribution >= 4 is 11.9 Å². The van der Waals surface area contributed by atoms with Crippen LogP contribution in [0, 0.1) is 0 Å². The van der Waals surface area contributed by atoms with Gasteiger partial charge < -0.3 is 9.47 Å². The van der Waals surface area contributed by atoms with Crippen LogP contribution < -0.4 is 14.2 Å². The van der Waals surface area contributed by atoms with E-state index in [0.29, 0.717) is 4.90 Å². The van der Waals surface area contributed by atoms with Gasteiger partial charge in [0.2, 0.25) is 6.86 Å². The standard InChI is InChI=1S/C10H11F4NO2S/c1-15-18-9-4-7(16-5-10(12,13)14)2-3-8(9)17-6-11/h2-4,15H,5-6H2,1H3. The molecule has 0 atom stereocenters. The Morgan fingerprint density at radius 1 is 1.28 bits per heavy atom. The second-order valence-corrected chi connectivity index (χ2v) is 4.12. The molecule has 1 N–H and O–H groups in total. The molecule has 0 aliphatic rings. The first-order valence-electron chi connectivity index (χ1n) is 4.82. The van der Waals surface area contributed by atoms with Gasteiger partial charge in [0.25, 0.3) is 0 Å². The molecule has 0 aliphatic heterocycles. The molecule has 0 saturated carbocycles. The van der Waals surface area contributed by atoms with Crippen molar-refractivity contribution in [1.29, 1.82) is 0 Å². The molecular weight excluding hydrogens is 274 g/mol. The average molecular weight is 285 g/mol. The number of halogens is 4. The van der Waals surface area contributed by atoms with Gasteiger partial charge in [-0.05, 0) is 37.2 Å². The van der Waals surface area contributed by atoms with Crippen molar-refractivity contribution in [2.75, 3.05) is 20.5 Å². The van der Waals surface area contributed by atoms with Crippen molar-refractivity contribution < 1.29 is 27.0 Å². The van der Waals surface area contributed by atoms with E-state index in [1.807, 2.05) is 0 Å². The molecule has 0 aromatic heterocycles. The fourth-order valence-corrected chi connectivity index (χ4v) is 1.73. The molecule has 0 bridgehead atoms. The summed E-state index contributed by atoms with van der Waals surface area (Å²) in [6.07, 6.45) is -4.40. The summed E-state index contributed by atoms with van der Waals surface area (Å²) in [4.78, 5) is 0.440. The second-order valence-electron chi connectivity index (χ2n) is 3.07. The number of benzene rings is 1. The molecule has 0 heterocycles. The summed E-state index contributed by atoms with van der Waals surface area (Å²) in [5, 5.41) is 0. The molecule has 1 rings (SSSR count). The number of hydrogen-bond acceptors (Lipinski definition) is 4. The smallest absolute Gasteiger partial charge is 0.422 e. The summed E-state index contributed by atoms with van der Waals surface area (Å²) >= 11 is 1.09. The highest BCUT2D eigenvalue weighted by Crippen LogP contribution is 2.32. The third kappa shape index (κ3) is 5.01. The summed E-state index contributed by atoms with van der Waals surface area (Å²) in [6.45, 7) is -2.39. The zero-order valence-corrected chi connectivity index (χ0v) is 10.2. The fourth-order valence-electron chi connectivity index (χ4n) is 1.11. The van der Waals surface area contributed by atoms with Crippen LogP contribution in [0.15, 0.2) is 23.1 Å². The van der Waals surface area contributed by atoms with E-state index in [9.17, 15) is 17.6 Å². The van der Waals surface area contributed by atoms with Gasteiger partial charge in [0.15, 0.2) is 6.61 Å². The molecule has 0 fully saturated rings. The number of rotatable bonds is 6. The van der Waals surface area contributed by atoms with E-state index in [4.69, 9.17) is 0 Å². The minimum atomic E-state index is -4.40. The Balaban J connectivity index is 2.79. The number of ether oxygens (including phenoxy) is 2. The summed E-state index contributed by atoms with van der Waals surface area (Å²) in [5.41, 5.74) is 0. The molecule has 102 valence electrons. The summed E-state index contributed by atoms with van der Waals surface area (Å²) in [6, 6.07) is 3.99. The van der Waals surface area contributed by atoms with Crippen LogP contribution in [0.3, 0.4) is 0 Å². The molecule has 1 aromatic rings. The maximum atomic E-state index is 12.1. The quantitative estimate of drug-likeness (QED) is 0.642. The lowest BCUT2D eigenvalue weighted by atomic mass is 10.3. The number of hydrogen-bond donors (Lipinski definition) is 1. The van der Waals surface area contributed by atoms with Gasteiger partial charge in [-0.3, -0.25) is 4.72 Å². The van der Waals surface area contributed by atoms with Crippen molar-refractivity contribution in [2.45, 2.75) is 11.1 Å². The maximum absolute atomic E-state index is 12.1. The normalized spacial score (nSPS) is 11.4. The first-order chi connectivity index (χ1) is 8.46. The molecule has 0 amide bonds. The van der Waals surface area contributed by atoms with Crippen LogP contribution in [0.5, 0.6) is 11.5 Å². The summed E-state index contributed by atoms with van der Waals surface area (Å²) in [7, 11) is 1.62. The van der Waals surface area contributed by atoms with E-state index >= 15 is 0 Å². The molecule has 0 radical (unpaired) electrons. The minimum Gasteiger partial charge on any atom is -0.484 e. The highest BCUT2D eigenvalue weighted by molar-refractivity contribution is 7.97. The Morgan fingerprint density at radius 2 is 2.00 bits per heavy atom. The van der Waals surface area contributed by atoms with Crippen LogP contribution in [-0.2, 0) is 0 Å². The molecule has 0 aliphatic carbocycles. The van der Waals surface area contributed by atoms with Gasteiger partial charge in [0.05, 0.1) is 4.90 Å². The van der Waals surface area contributed by atoms with Crippen molar-refractivity contribution in [3.05, 3.63) is 18.2 Å². The van der Waals surface area contributed by atoms with Crippen LogP contribution in [0.25, 0.3) is 0 Å². The van der Waals surface area contributed by atoms with Gasteiger partial charge >= 0.3 is 6.18 Å². The molecule has 0 spiro atoms.